The number of ether oxygens (including phenoxy) is 2. The van der Waals surface area contributed by atoms with Crippen molar-refractivity contribution in [1.82, 2.24) is 4.98 Å². The second-order valence-corrected chi connectivity index (χ2v) is 4.18. The highest BCUT2D eigenvalue weighted by atomic mass is 16.5. The normalized spacial score (nSPS) is 19.4. The van der Waals surface area contributed by atoms with Crippen LogP contribution in [0.15, 0.2) is 12.3 Å². The van der Waals surface area contributed by atoms with Gasteiger partial charge < -0.3 is 20.3 Å². The summed E-state index contributed by atoms with van der Waals surface area (Å²) < 4.78 is 10.9. The summed E-state index contributed by atoms with van der Waals surface area (Å²) in [6.07, 6.45) is 4.54. The Labute approximate surface area is 105 Å². The predicted octanol–water partition coefficient (Wildman–Crippen LogP) is 1.31. The van der Waals surface area contributed by atoms with Gasteiger partial charge in [0.15, 0.2) is 0 Å². The van der Waals surface area contributed by atoms with Crippen molar-refractivity contribution in [2.45, 2.75) is 25.4 Å². The zero-order chi connectivity index (χ0) is 13.0. The lowest BCUT2D eigenvalue weighted by atomic mass is 10.1. The molecule has 98 valence electrons. The molecule has 1 aromatic rings. The molecule has 0 bridgehead atoms. The summed E-state index contributed by atoms with van der Waals surface area (Å²) in [4.78, 5) is 14.8. The molecule has 1 fully saturated rings. The third kappa shape index (κ3) is 2.89. The second kappa shape index (κ2) is 5.68. The molecule has 18 heavy (non-hydrogen) atoms. The van der Waals surface area contributed by atoms with Gasteiger partial charge in [0.2, 0.25) is 5.88 Å². The summed E-state index contributed by atoms with van der Waals surface area (Å²) >= 11 is 0. The Balaban J connectivity index is 2.00. The number of nitrogens with two attached hydrogens (primary N) is 1. The molecule has 1 aliphatic rings. The Morgan fingerprint density at radius 1 is 1.61 bits per heavy atom. The number of hydrogen-bond acceptors (Lipinski definition) is 5. The number of anilines is 1. The minimum atomic E-state index is -1.09. The van der Waals surface area contributed by atoms with Crippen LogP contribution < -0.4 is 10.5 Å². The number of aromatic nitrogens is 1. The first-order valence-electron chi connectivity index (χ1n) is 5.90. The molecule has 3 N–H and O–H groups in total. The molecule has 1 aliphatic heterocycles. The summed E-state index contributed by atoms with van der Waals surface area (Å²) in [5.74, 6) is -0.933. The maximum atomic E-state index is 10.9. The minimum Gasteiger partial charge on any atom is -0.478 e. The van der Waals surface area contributed by atoms with Crippen molar-refractivity contribution >= 4 is 11.7 Å². The topological polar surface area (TPSA) is 94.7 Å². The molecule has 0 spiro atoms. The van der Waals surface area contributed by atoms with Crippen molar-refractivity contribution in [2.24, 2.45) is 0 Å². The molecule has 1 atom stereocenters. The van der Waals surface area contributed by atoms with Crippen LogP contribution in [0.25, 0.3) is 0 Å². The van der Waals surface area contributed by atoms with E-state index in [1.807, 2.05) is 0 Å². The van der Waals surface area contributed by atoms with Crippen LogP contribution in [-0.2, 0) is 4.74 Å². The molecule has 6 nitrogen and oxygen atoms in total. The van der Waals surface area contributed by atoms with E-state index in [4.69, 9.17) is 20.3 Å². The van der Waals surface area contributed by atoms with Crippen LogP contribution in [0.5, 0.6) is 5.88 Å². The Kier molecular flexibility index (Phi) is 3.99. The zero-order valence-corrected chi connectivity index (χ0v) is 9.96. The molecule has 1 saturated heterocycles. The highest BCUT2D eigenvalue weighted by Crippen LogP contribution is 2.23. The van der Waals surface area contributed by atoms with Crippen molar-refractivity contribution in [3.05, 3.63) is 17.8 Å². The number of pyridine rings is 1. The van der Waals surface area contributed by atoms with Crippen molar-refractivity contribution in [3.63, 3.8) is 0 Å². The van der Waals surface area contributed by atoms with Gasteiger partial charge in [-0.05, 0) is 25.3 Å². The number of carbonyl (C=O) groups is 1. The van der Waals surface area contributed by atoms with Gasteiger partial charge in [0, 0.05) is 12.8 Å². The average molecular weight is 252 g/mol. The Morgan fingerprint density at radius 2 is 2.44 bits per heavy atom. The van der Waals surface area contributed by atoms with E-state index in [1.165, 1.54) is 12.3 Å². The maximum absolute atomic E-state index is 10.9. The van der Waals surface area contributed by atoms with Gasteiger partial charge in [-0.1, -0.05) is 0 Å². The van der Waals surface area contributed by atoms with Gasteiger partial charge in [-0.25, -0.2) is 9.78 Å². The molecule has 0 radical (unpaired) electrons. The maximum Gasteiger partial charge on any atom is 0.338 e. The van der Waals surface area contributed by atoms with E-state index in [0.717, 1.165) is 25.9 Å². The van der Waals surface area contributed by atoms with E-state index in [1.54, 1.807) is 0 Å². The number of rotatable bonds is 4. The molecular weight excluding hydrogens is 236 g/mol. The summed E-state index contributed by atoms with van der Waals surface area (Å²) in [6, 6.07) is 1.35. The minimum absolute atomic E-state index is 0.00422. The van der Waals surface area contributed by atoms with Crippen LogP contribution in [-0.4, -0.2) is 35.4 Å². The Bertz CT molecular complexity index is 430. The molecule has 1 aromatic heterocycles. The molecule has 0 saturated carbocycles. The fourth-order valence-electron chi connectivity index (χ4n) is 1.87. The van der Waals surface area contributed by atoms with Crippen LogP contribution in [0.1, 0.15) is 29.6 Å². The highest BCUT2D eigenvalue weighted by molar-refractivity contribution is 5.94. The van der Waals surface area contributed by atoms with Crippen molar-refractivity contribution in [2.75, 3.05) is 18.9 Å². The summed E-state index contributed by atoms with van der Waals surface area (Å²) in [5.41, 5.74) is 5.75. The molecular formula is C12H16N2O4. The van der Waals surface area contributed by atoms with Crippen LogP contribution in [0.2, 0.25) is 0 Å². The van der Waals surface area contributed by atoms with E-state index in [0.29, 0.717) is 6.61 Å². The van der Waals surface area contributed by atoms with Crippen molar-refractivity contribution < 1.29 is 19.4 Å². The van der Waals surface area contributed by atoms with E-state index >= 15 is 0 Å². The lowest BCUT2D eigenvalue weighted by Crippen LogP contribution is -2.26. The van der Waals surface area contributed by atoms with E-state index in [2.05, 4.69) is 4.98 Å². The van der Waals surface area contributed by atoms with Gasteiger partial charge in [0.25, 0.3) is 0 Å². The standard InChI is InChI=1S/C12H16N2O4/c13-10-9(12(15)16)4-5-14-11(10)18-7-8-3-1-2-6-17-8/h4-5,8H,1-3,6-7,13H2,(H,15,16). The third-order valence-electron chi connectivity index (χ3n) is 2.86. The van der Waals surface area contributed by atoms with Gasteiger partial charge in [0.05, 0.1) is 11.7 Å². The fourth-order valence-corrected chi connectivity index (χ4v) is 1.87. The van der Waals surface area contributed by atoms with Crippen LogP contribution in [0.3, 0.4) is 0 Å². The predicted molar refractivity (Wildman–Crippen MR) is 64.7 cm³/mol. The quantitative estimate of drug-likeness (QED) is 0.839. The van der Waals surface area contributed by atoms with E-state index in [9.17, 15) is 4.79 Å². The summed E-state index contributed by atoms with van der Waals surface area (Å²) in [6.45, 7) is 1.09. The van der Waals surface area contributed by atoms with Crippen LogP contribution in [0.4, 0.5) is 5.69 Å². The largest absolute Gasteiger partial charge is 0.478 e. The number of nitrogen functional groups attached to an aromatic ring is 1. The number of aromatic carboxylic acids is 1. The lowest BCUT2D eigenvalue weighted by molar-refractivity contribution is -0.0117. The van der Waals surface area contributed by atoms with E-state index < -0.39 is 5.97 Å². The fraction of sp³-hybridized carbons (Fsp3) is 0.500. The Morgan fingerprint density at radius 3 is 3.11 bits per heavy atom. The molecule has 2 heterocycles. The molecule has 2 rings (SSSR count). The van der Waals surface area contributed by atoms with Gasteiger partial charge >= 0.3 is 5.97 Å². The number of carboxylic acids is 1. The van der Waals surface area contributed by atoms with Crippen LogP contribution in [0, 0.1) is 0 Å². The molecule has 0 aromatic carbocycles. The van der Waals surface area contributed by atoms with Crippen molar-refractivity contribution in [1.29, 1.82) is 0 Å². The van der Waals surface area contributed by atoms with Gasteiger partial charge in [-0.2, -0.15) is 0 Å². The highest BCUT2D eigenvalue weighted by Gasteiger charge is 2.17. The molecule has 0 aliphatic carbocycles. The van der Waals surface area contributed by atoms with Gasteiger partial charge in [0.1, 0.15) is 12.3 Å². The monoisotopic (exact) mass is 252 g/mol. The summed E-state index contributed by atoms with van der Waals surface area (Å²) in [7, 11) is 0. The third-order valence-corrected chi connectivity index (χ3v) is 2.86. The number of hydrogen-bond donors (Lipinski definition) is 2. The first-order chi connectivity index (χ1) is 8.68. The zero-order valence-electron chi connectivity index (χ0n) is 9.96. The SMILES string of the molecule is Nc1c(C(=O)O)ccnc1OCC1CCCCO1. The number of carboxylic acid groups (broad SMARTS) is 1. The molecule has 0 amide bonds. The number of nitrogens with zero attached hydrogens (tertiary/aromatic N) is 1. The van der Waals surface area contributed by atoms with Gasteiger partial charge in [-0.15, -0.1) is 0 Å². The van der Waals surface area contributed by atoms with Gasteiger partial charge in [-0.3, -0.25) is 0 Å². The lowest BCUT2D eigenvalue weighted by Gasteiger charge is -2.22. The van der Waals surface area contributed by atoms with Crippen LogP contribution >= 0.6 is 0 Å². The van der Waals surface area contributed by atoms with E-state index in [-0.39, 0.29) is 23.2 Å². The molecule has 6 heteroatoms. The smallest absolute Gasteiger partial charge is 0.338 e. The first kappa shape index (κ1) is 12.6. The summed E-state index contributed by atoms with van der Waals surface area (Å²) in [5, 5.41) is 8.92. The molecule has 1 unspecified atom stereocenters. The van der Waals surface area contributed by atoms with Crippen molar-refractivity contribution in [3.8, 4) is 5.88 Å². The average Bonchev–Trinajstić information content (AvgIpc) is 2.38. The second-order valence-electron chi connectivity index (χ2n) is 4.18. The first-order valence-corrected chi connectivity index (χ1v) is 5.90. The Hall–Kier alpha value is -1.82.